The highest BCUT2D eigenvalue weighted by molar-refractivity contribution is 6.26. The Labute approximate surface area is 101 Å². The molecule has 86 valence electrons. The standard InChI is InChI=1S/C12H16ClN3/c1-8-5-10(16(13)12(2,3)4)6-9-7-14-15-11(8)9/h5-7H,1-4H3,(H,14,15). The second kappa shape index (κ2) is 3.67. The van der Waals surface area contributed by atoms with Gasteiger partial charge in [-0.25, -0.2) is 0 Å². The zero-order chi connectivity index (χ0) is 11.9. The number of hydrogen-bond acceptors (Lipinski definition) is 2. The highest BCUT2D eigenvalue weighted by Gasteiger charge is 2.20. The molecule has 2 rings (SSSR count). The Morgan fingerprint density at radius 2 is 2.00 bits per heavy atom. The molecule has 0 atom stereocenters. The van der Waals surface area contributed by atoms with Gasteiger partial charge in [-0.05, 0) is 45.4 Å². The molecular formula is C12H16ClN3. The highest BCUT2D eigenvalue weighted by Crippen LogP contribution is 2.30. The molecule has 16 heavy (non-hydrogen) atoms. The number of aromatic nitrogens is 2. The average molecular weight is 238 g/mol. The third-order valence-electron chi connectivity index (χ3n) is 2.55. The number of nitrogens with zero attached hydrogens (tertiary/aromatic N) is 2. The molecule has 2 aromatic rings. The molecule has 0 aliphatic heterocycles. The van der Waals surface area contributed by atoms with Crippen LogP contribution in [0.25, 0.3) is 10.9 Å². The largest absolute Gasteiger partial charge is 0.280 e. The lowest BCUT2D eigenvalue weighted by Crippen LogP contribution is -2.33. The van der Waals surface area contributed by atoms with Crippen molar-refractivity contribution in [1.82, 2.24) is 10.2 Å². The quantitative estimate of drug-likeness (QED) is 0.768. The van der Waals surface area contributed by atoms with E-state index in [1.807, 2.05) is 12.3 Å². The number of halogens is 1. The fourth-order valence-corrected chi connectivity index (χ4v) is 1.81. The summed E-state index contributed by atoms with van der Waals surface area (Å²) in [4.78, 5) is 0. The van der Waals surface area contributed by atoms with Crippen molar-refractivity contribution in [3.63, 3.8) is 0 Å². The fraction of sp³-hybridized carbons (Fsp3) is 0.417. The summed E-state index contributed by atoms with van der Waals surface area (Å²) in [6.45, 7) is 8.29. The van der Waals surface area contributed by atoms with Gasteiger partial charge in [-0.1, -0.05) is 0 Å². The number of benzene rings is 1. The number of H-pyrrole nitrogens is 1. The Morgan fingerprint density at radius 1 is 1.31 bits per heavy atom. The van der Waals surface area contributed by atoms with Crippen LogP contribution >= 0.6 is 11.8 Å². The van der Waals surface area contributed by atoms with Gasteiger partial charge in [0.05, 0.1) is 17.4 Å². The van der Waals surface area contributed by atoms with E-state index in [1.54, 1.807) is 4.42 Å². The second-order valence-corrected chi connectivity index (χ2v) is 5.39. The SMILES string of the molecule is Cc1cc(N(Cl)C(C)(C)C)cc2cn[nH]c12. The summed E-state index contributed by atoms with van der Waals surface area (Å²) in [5, 5.41) is 8.11. The second-order valence-electron chi connectivity index (χ2n) is 5.05. The third kappa shape index (κ3) is 1.87. The van der Waals surface area contributed by atoms with Crippen molar-refractivity contribution >= 4 is 28.4 Å². The van der Waals surface area contributed by atoms with Crippen molar-refractivity contribution in [2.24, 2.45) is 0 Å². The summed E-state index contributed by atoms with van der Waals surface area (Å²) < 4.78 is 1.76. The Bertz CT molecular complexity index is 510. The third-order valence-corrected chi connectivity index (χ3v) is 3.25. The van der Waals surface area contributed by atoms with Crippen LogP contribution in [0.15, 0.2) is 18.3 Å². The van der Waals surface area contributed by atoms with Crippen LogP contribution in [0.1, 0.15) is 26.3 Å². The minimum absolute atomic E-state index is 0.106. The van der Waals surface area contributed by atoms with Crippen LogP contribution in [0.2, 0.25) is 0 Å². The van der Waals surface area contributed by atoms with E-state index in [2.05, 4.69) is 44.0 Å². The average Bonchev–Trinajstić information content (AvgIpc) is 2.63. The molecule has 0 saturated heterocycles. The zero-order valence-electron chi connectivity index (χ0n) is 10.0. The van der Waals surface area contributed by atoms with Gasteiger partial charge in [0.2, 0.25) is 0 Å². The monoisotopic (exact) mass is 237 g/mol. The van der Waals surface area contributed by atoms with Crippen molar-refractivity contribution in [2.75, 3.05) is 4.42 Å². The Kier molecular flexibility index (Phi) is 2.58. The Morgan fingerprint density at radius 3 is 2.62 bits per heavy atom. The maximum Gasteiger partial charge on any atom is 0.0680 e. The fourth-order valence-electron chi connectivity index (χ4n) is 1.72. The van der Waals surface area contributed by atoms with E-state index >= 15 is 0 Å². The van der Waals surface area contributed by atoms with Crippen LogP contribution in [0.4, 0.5) is 5.69 Å². The van der Waals surface area contributed by atoms with Gasteiger partial charge in [-0.2, -0.15) is 5.10 Å². The van der Waals surface area contributed by atoms with E-state index in [1.165, 1.54) is 0 Å². The normalized spacial score (nSPS) is 12.1. The van der Waals surface area contributed by atoms with Gasteiger partial charge in [-0.15, -0.1) is 0 Å². The van der Waals surface area contributed by atoms with Crippen LogP contribution in [0, 0.1) is 6.92 Å². The minimum atomic E-state index is -0.106. The molecule has 1 N–H and O–H groups in total. The van der Waals surface area contributed by atoms with Gasteiger partial charge in [0.25, 0.3) is 0 Å². The lowest BCUT2D eigenvalue weighted by Gasteiger charge is -2.30. The smallest absolute Gasteiger partial charge is 0.0680 e. The van der Waals surface area contributed by atoms with E-state index in [4.69, 9.17) is 11.8 Å². The Balaban J connectivity index is 2.54. The van der Waals surface area contributed by atoms with Crippen LogP contribution in [0.3, 0.4) is 0 Å². The molecule has 0 saturated carbocycles. The Hall–Kier alpha value is -1.22. The highest BCUT2D eigenvalue weighted by atomic mass is 35.5. The first-order valence-electron chi connectivity index (χ1n) is 5.29. The molecule has 4 heteroatoms. The first-order valence-corrected chi connectivity index (χ1v) is 5.63. The van der Waals surface area contributed by atoms with Crippen LogP contribution < -0.4 is 4.42 Å². The summed E-state index contributed by atoms with van der Waals surface area (Å²) in [6.07, 6.45) is 1.82. The van der Waals surface area contributed by atoms with E-state index in [0.29, 0.717) is 0 Å². The number of fused-ring (bicyclic) bond motifs is 1. The van der Waals surface area contributed by atoms with Gasteiger partial charge < -0.3 is 0 Å². The predicted molar refractivity (Wildman–Crippen MR) is 68.9 cm³/mol. The molecule has 0 aliphatic rings. The van der Waals surface area contributed by atoms with Gasteiger partial charge in [0.15, 0.2) is 0 Å². The lowest BCUT2D eigenvalue weighted by atomic mass is 10.1. The van der Waals surface area contributed by atoms with E-state index < -0.39 is 0 Å². The molecule has 1 aromatic carbocycles. The summed E-state index contributed by atoms with van der Waals surface area (Å²) in [6, 6.07) is 4.11. The number of anilines is 1. The van der Waals surface area contributed by atoms with E-state index in [-0.39, 0.29) is 5.54 Å². The number of nitrogens with one attached hydrogen (secondary N) is 1. The minimum Gasteiger partial charge on any atom is -0.280 e. The number of aryl methyl sites for hydroxylation is 1. The van der Waals surface area contributed by atoms with Gasteiger partial charge >= 0.3 is 0 Å². The zero-order valence-corrected chi connectivity index (χ0v) is 10.8. The maximum atomic E-state index is 6.32. The molecule has 0 unspecified atom stereocenters. The molecule has 0 spiro atoms. The molecule has 0 aliphatic carbocycles. The molecular weight excluding hydrogens is 222 g/mol. The number of rotatable bonds is 1. The predicted octanol–water partition coefficient (Wildman–Crippen LogP) is 3.63. The lowest BCUT2D eigenvalue weighted by molar-refractivity contribution is 0.584. The van der Waals surface area contributed by atoms with Crippen molar-refractivity contribution < 1.29 is 0 Å². The number of aromatic amines is 1. The molecule has 1 heterocycles. The molecule has 0 amide bonds. The van der Waals surface area contributed by atoms with Gasteiger partial charge in [0.1, 0.15) is 0 Å². The number of hydrogen-bond donors (Lipinski definition) is 1. The molecule has 0 fully saturated rings. The first-order chi connectivity index (χ1) is 7.39. The summed E-state index contributed by atoms with van der Waals surface area (Å²) in [7, 11) is 0. The van der Waals surface area contributed by atoms with Gasteiger partial charge in [0, 0.05) is 22.7 Å². The summed E-state index contributed by atoms with van der Waals surface area (Å²) >= 11 is 6.32. The maximum absolute atomic E-state index is 6.32. The molecule has 1 aromatic heterocycles. The van der Waals surface area contributed by atoms with Crippen molar-refractivity contribution in [2.45, 2.75) is 33.2 Å². The molecule has 0 bridgehead atoms. The van der Waals surface area contributed by atoms with Crippen molar-refractivity contribution in [3.8, 4) is 0 Å². The van der Waals surface area contributed by atoms with Crippen LogP contribution in [-0.2, 0) is 0 Å². The molecule has 3 nitrogen and oxygen atoms in total. The van der Waals surface area contributed by atoms with Crippen LogP contribution in [-0.4, -0.2) is 15.7 Å². The summed E-state index contributed by atoms with van der Waals surface area (Å²) in [5.74, 6) is 0. The summed E-state index contributed by atoms with van der Waals surface area (Å²) in [5.41, 5.74) is 3.12. The van der Waals surface area contributed by atoms with E-state index in [9.17, 15) is 0 Å². The van der Waals surface area contributed by atoms with Gasteiger partial charge in [-0.3, -0.25) is 9.52 Å². The van der Waals surface area contributed by atoms with Crippen LogP contribution in [0.5, 0.6) is 0 Å². The van der Waals surface area contributed by atoms with E-state index in [0.717, 1.165) is 22.2 Å². The molecule has 0 radical (unpaired) electrons. The topological polar surface area (TPSA) is 31.9 Å². The van der Waals surface area contributed by atoms with Crippen molar-refractivity contribution in [1.29, 1.82) is 0 Å². The van der Waals surface area contributed by atoms with Crippen molar-refractivity contribution in [3.05, 3.63) is 23.9 Å². The first kappa shape index (κ1) is 11.3.